The number of aliphatic hydroxyl groups is 1. The molecule has 1 saturated heterocycles. The molecule has 1 unspecified atom stereocenters. The predicted octanol–water partition coefficient (Wildman–Crippen LogP) is 4.05. The quantitative estimate of drug-likeness (QED) is 0.601. The predicted molar refractivity (Wildman–Crippen MR) is 117 cm³/mol. The van der Waals surface area contributed by atoms with E-state index in [0.29, 0.717) is 12.0 Å². The highest BCUT2D eigenvalue weighted by atomic mass is 16.3. The van der Waals surface area contributed by atoms with Crippen LogP contribution in [0.2, 0.25) is 0 Å². The second-order valence-corrected chi connectivity index (χ2v) is 7.64. The normalized spacial score (nSPS) is 24.8. The average Bonchev–Trinajstić information content (AvgIpc) is 3.20. The van der Waals surface area contributed by atoms with E-state index < -0.39 is 6.23 Å². The third-order valence-electron chi connectivity index (χ3n) is 5.68. The van der Waals surface area contributed by atoms with Crippen LogP contribution in [0.3, 0.4) is 0 Å². The lowest BCUT2D eigenvalue weighted by Crippen LogP contribution is -2.52. The largest absolute Gasteiger partial charge is 0.380 e. The van der Waals surface area contributed by atoms with Crippen molar-refractivity contribution in [3.05, 3.63) is 77.8 Å². The van der Waals surface area contributed by atoms with Gasteiger partial charge >= 0.3 is 0 Å². The smallest absolute Gasteiger partial charge is 0.110 e. The van der Waals surface area contributed by atoms with E-state index in [1.54, 1.807) is 6.08 Å². The standard InChI is InChI=1S/C24H30N4O/c1-3-6-21(19-25)9-10-23(29)28-17-12-24(13-18-28)22-8-5-16-27(22)15-4-7-20(2)11-14-26-24/h3-9,11,14-16,23,26,29H,10,12-13,17-18H2,1-2H3/b6-3-,14-11+,15-4+,20-7-,21-9+. The van der Waals surface area contributed by atoms with Crippen molar-refractivity contribution < 1.29 is 5.11 Å². The van der Waals surface area contributed by atoms with Crippen molar-refractivity contribution in [1.29, 1.82) is 5.26 Å². The first-order chi connectivity index (χ1) is 14.1. The fourth-order valence-corrected chi connectivity index (χ4v) is 4.00. The van der Waals surface area contributed by atoms with Crippen LogP contribution in [0.4, 0.5) is 0 Å². The zero-order valence-corrected chi connectivity index (χ0v) is 17.3. The number of nitriles is 1. The Morgan fingerprint density at radius 1 is 1.41 bits per heavy atom. The second-order valence-electron chi connectivity index (χ2n) is 7.64. The first-order valence-corrected chi connectivity index (χ1v) is 10.2. The molecule has 5 heteroatoms. The number of fused-ring (bicyclic) bond motifs is 2. The van der Waals surface area contributed by atoms with Crippen LogP contribution in [-0.2, 0) is 5.54 Å². The van der Waals surface area contributed by atoms with Crippen LogP contribution in [-0.4, -0.2) is 33.9 Å². The Hall–Kier alpha value is -2.81. The zero-order chi connectivity index (χ0) is 20.7. The molecule has 2 aliphatic rings. The van der Waals surface area contributed by atoms with Crippen molar-refractivity contribution >= 4 is 6.20 Å². The van der Waals surface area contributed by atoms with Gasteiger partial charge in [0.1, 0.15) is 6.23 Å². The van der Waals surface area contributed by atoms with Crippen LogP contribution >= 0.6 is 0 Å². The van der Waals surface area contributed by atoms with Gasteiger partial charge in [0.15, 0.2) is 0 Å². The lowest BCUT2D eigenvalue weighted by molar-refractivity contribution is -0.0228. The molecule has 1 fully saturated rings. The molecule has 0 bridgehead atoms. The molecule has 0 aromatic carbocycles. The molecular weight excluding hydrogens is 360 g/mol. The number of nitrogens with one attached hydrogen (secondary N) is 1. The Labute approximate surface area is 173 Å². The van der Waals surface area contributed by atoms with Crippen LogP contribution in [0.5, 0.6) is 0 Å². The van der Waals surface area contributed by atoms with Crippen molar-refractivity contribution in [3.8, 4) is 6.07 Å². The Bertz CT molecular complexity index is 886. The number of nitrogens with zero attached hydrogens (tertiary/aromatic N) is 3. The molecule has 1 spiro atoms. The summed E-state index contributed by atoms with van der Waals surface area (Å²) in [6, 6.07) is 6.41. The molecule has 0 amide bonds. The topological polar surface area (TPSA) is 64.2 Å². The molecular formula is C24H30N4O. The monoisotopic (exact) mass is 390 g/mol. The molecule has 152 valence electrons. The Balaban J connectivity index is 1.74. The van der Waals surface area contributed by atoms with Gasteiger partial charge in [-0.2, -0.15) is 5.26 Å². The van der Waals surface area contributed by atoms with Gasteiger partial charge in [-0.05, 0) is 68.8 Å². The third kappa shape index (κ3) is 4.97. The molecule has 0 radical (unpaired) electrons. The molecule has 5 nitrogen and oxygen atoms in total. The second kappa shape index (κ2) is 9.60. The van der Waals surface area contributed by atoms with Crippen LogP contribution < -0.4 is 5.32 Å². The van der Waals surface area contributed by atoms with E-state index in [1.165, 1.54) is 11.3 Å². The van der Waals surface area contributed by atoms with Crippen LogP contribution in [0.25, 0.3) is 6.20 Å². The van der Waals surface area contributed by atoms with Crippen molar-refractivity contribution in [1.82, 2.24) is 14.8 Å². The van der Waals surface area contributed by atoms with Gasteiger partial charge in [-0.15, -0.1) is 0 Å². The van der Waals surface area contributed by atoms with E-state index in [9.17, 15) is 5.11 Å². The molecule has 1 aromatic heterocycles. The number of hydrogen-bond acceptors (Lipinski definition) is 4. The maximum Gasteiger partial charge on any atom is 0.110 e. The summed E-state index contributed by atoms with van der Waals surface area (Å²) in [5.41, 5.74) is 2.84. The van der Waals surface area contributed by atoms with Crippen LogP contribution in [0.1, 0.15) is 38.8 Å². The Kier molecular flexibility index (Phi) is 6.92. The highest BCUT2D eigenvalue weighted by Crippen LogP contribution is 2.34. The highest BCUT2D eigenvalue weighted by molar-refractivity contribution is 5.38. The summed E-state index contributed by atoms with van der Waals surface area (Å²) in [6.45, 7) is 5.54. The molecule has 3 rings (SSSR count). The number of aliphatic hydroxyl groups excluding tert-OH is 1. The molecule has 1 atom stereocenters. The van der Waals surface area contributed by atoms with Crippen molar-refractivity contribution in [2.24, 2.45) is 0 Å². The van der Waals surface area contributed by atoms with Gasteiger partial charge in [0, 0.05) is 43.2 Å². The lowest BCUT2D eigenvalue weighted by atomic mass is 9.84. The molecule has 2 aliphatic heterocycles. The summed E-state index contributed by atoms with van der Waals surface area (Å²) >= 11 is 0. The molecule has 2 N–H and O–H groups in total. The summed E-state index contributed by atoms with van der Waals surface area (Å²) in [5, 5.41) is 23.4. The molecule has 1 aromatic rings. The molecule has 3 heterocycles. The minimum Gasteiger partial charge on any atom is -0.380 e. The average molecular weight is 391 g/mol. The van der Waals surface area contributed by atoms with Gasteiger partial charge in [0.2, 0.25) is 0 Å². The van der Waals surface area contributed by atoms with Crippen molar-refractivity contribution in [2.45, 2.75) is 44.9 Å². The Morgan fingerprint density at radius 2 is 2.21 bits per heavy atom. The fraction of sp³-hybridized carbons (Fsp3) is 0.375. The van der Waals surface area contributed by atoms with E-state index in [-0.39, 0.29) is 5.54 Å². The number of likely N-dealkylation sites (tertiary alicyclic amines) is 1. The summed E-state index contributed by atoms with van der Waals surface area (Å²) in [4.78, 5) is 2.10. The first-order valence-electron chi connectivity index (χ1n) is 10.2. The van der Waals surface area contributed by atoms with Crippen molar-refractivity contribution in [2.75, 3.05) is 13.1 Å². The van der Waals surface area contributed by atoms with Gasteiger partial charge in [-0.1, -0.05) is 18.2 Å². The summed E-state index contributed by atoms with van der Waals surface area (Å²) in [6.07, 6.45) is 19.6. The maximum atomic E-state index is 10.6. The Morgan fingerprint density at radius 3 is 2.93 bits per heavy atom. The fourth-order valence-electron chi connectivity index (χ4n) is 4.00. The maximum absolute atomic E-state index is 10.6. The van der Waals surface area contributed by atoms with Gasteiger partial charge < -0.3 is 15.0 Å². The van der Waals surface area contributed by atoms with Crippen molar-refractivity contribution in [3.63, 3.8) is 0 Å². The number of hydrogen-bond donors (Lipinski definition) is 2. The number of piperidine rings is 1. The molecule has 0 aliphatic carbocycles. The van der Waals surface area contributed by atoms with E-state index in [1.807, 2.05) is 25.3 Å². The number of rotatable bonds is 4. The van der Waals surface area contributed by atoms with Crippen LogP contribution in [0.15, 0.2) is 72.1 Å². The zero-order valence-electron chi connectivity index (χ0n) is 17.3. The van der Waals surface area contributed by atoms with Gasteiger partial charge in [-0.3, -0.25) is 4.90 Å². The lowest BCUT2D eigenvalue weighted by Gasteiger charge is -2.44. The SMILES string of the molecule is C/C=C\C(C#N)=C/CC(O)N1CCC2(CC1)N/C=C/C(C)=C\C=C\n1cccc12. The van der Waals surface area contributed by atoms with Gasteiger partial charge in [0.25, 0.3) is 0 Å². The first kappa shape index (κ1) is 20.9. The molecule has 0 saturated carbocycles. The minimum absolute atomic E-state index is 0.170. The van der Waals surface area contributed by atoms with E-state index in [0.717, 1.165) is 25.9 Å². The van der Waals surface area contributed by atoms with E-state index in [2.05, 4.69) is 70.5 Å². The summed E-state index contributed by atoms with van der Waals surface area (Å²) in [7, 11) is 0. The van der Waals surface area contributed by atoms with Gasteiger partial charge in [-0.25, -0.2) is 0 Å². The van der Waals surface area contributed by atoms with Gasteiger partial charge in [0.05, 0.1) is 11.6 Å². The number of aromatic nitrogens is 1. The van der Waals surface area contributed by atoms with E-state index >= 15 is 0 Å². The summed E-state index contributed by atoms with van der Waals surface area (Å²) < 4.78 is 2.18. The third-order valence-corrected chi connectivity index (χ3v) is 5.68. The molecule has 29 heavy (non-hydrogen) atoms. The minimum atomic E-state index is -0.576. The number of allylic oxidation sites excluding steroid dienone is 7. The highest BCUT2D eigenvalue weighted by Gasteiger charge is 2.38. The van der Waals surface area contributed by atoms with Crippen LogP contribution in [0, 0.1) is 11.3 Å². The summed E-state index contributed by atoms with van der Waals surface area (Å²) in [5.74, 6) is 0. The van der Waals surface area contributed by atoms with E-state index in [4.69, 9.17) is 5.26 Å².